The lowest BCUT2D eigenvalue weighted by Crippen LogP contribution is -2.16. The van der Waals surface area contributed by atoms with Crippen LogP contribution in [0.5, 0.6) is 0 Å². The summed E-state index contributed by atoms with van der Waals surface area (Å²) in [5, 5.41) is 11.7. The molecule has 3 heteroatoms. The second kappa shape index (κ2) is 11.8. The topological polar surface area (TPSA) is 35.8 Å². The molecular formula is C10H20N2S. The molecule has 0 rings (SSSR count). The zero-order valence-corrected chi connectivity index (χ0v) is 9.33. The maximum absolute atomic E-state index is 8.29. The first-order valence-electron chi connectivity index (χ1n) is 4.98. The first kappa shape index (κ1) is 12.8. The van der Waals surface area contributed by atoms with Gasteiger partial charge in [0.1, 0.15) is 0 Å². The number of nitriles is 1. The Morgan fingerprint density at radius 1 is 1.15 bits per heavy atom. The van der Waals surface area contributed by atoms with Crippen molar-refractivity contribution in [2.75, 3.05) is 25.1 Å². The van der Waals surface area contributed by atoms with Crippen LogP contribution in [0.2, 0.25) is 0 Å². The summed E-state index contributed by atoms with van der Waals surface area (Å²) in [5.41, 5.74) is 0. The third kappa shape index (κ3) is 11.8. The summed E-state index contributed by atoms with van der Waals surface area (Å²) in [6, 6.07) is 2.16. The van der Waals surface area contributed by atoms with Gasteiger partial charge in [-0.3, -0.25) is 0 Å². The van der Waals surface area contributed by atoms with Gasteiger partial charge in [0.15, 0.2) is 0 Å². The molecule has 0 aromatic carbocycles. The van der Waals surface area contributed by atoms with Crippen molar-refractivity contribution < 1.29 is 0 Å². The number of thioether (sulfide) groups is 1. The summed E-state index contributed by atoms with van der Waals surface area (Å²) in [5.74, 6) is 1.27. The van der Waals surface area contributed by atoms with Crippen molar-refractivity contribution in [3.05, 3.63) is 0 Å². The minimum Gasteiger partial charge on any atom is -0.317 e. The maximum atomic E-state index is 8.29. The molecule has 0 fully saturated rings. The molecule has 0 amide bonds. The van der Waals surface area contributed by atoms with Crippen molar-refractivity contribution in [3.8, 4) is 6.07 Å². The van der Waals surface area contributed by atoms with E-state index in [9.17, 15) is 0 Å². The van der Waals surface area contributed by atoms with E-state index in [2.05, 4.69) is 17.6 Å². The van der Waals surface area contributed by atoms with Crippen LogP contribution in [0, 0.1) is 11.3 Å². The molecule has 0 saturated carbocycles. The molecule has 0 saturated heterocycles. The lowest BCUT2D eigenvalue weighted by atomic mass is 10.2. The quantitative estimate of drug-likeness (QED) is 0.581. The van der Waals surface area contributed by atoms with Gasteiger partial charge in [-0.1, -0.05) is 0 Å². The summed E-state index contributed by atoms with van der Waals surface area (Å²) < 4.78 is 0. The highest BCUT2D eigenvalue weighted by atomic mass is 32.2. The monoisotopic (exact) mass is 200 g/mol. The smallest absolute Gasteiger partial charge is 0.0621 e. The molecule has 0 aromatic rings. The number of hydrogen-bond donors (Lipinski definition) is 1. The number of hydrogen-bond acceptors (Lipinski definition) is 3. The molecule has 13 heavy (non-hydrogen) atoms. The fraction of sp³-hybridized carbons (Fsp3) is 0.900. The van der Waals surface area contributed by atoms with E-state index >= 15 is 0 Å². The van der Waals surface area contributed by atoms with Crippen molar-refractivity contribution in [1.29, 1.82) is 5.26 Å². The Balaban J connectivity index is 2.80. The predicted molar refractivity (Wildman–Crippen MR) is 59.9 cm³/mol. The van der Waals surface area contributed by atoms with Crippen LogP contribution in [0.25, 0.3) is 0 Å². The minimum atomic E-state index is 0.703. The molecule has 0 radical (unpaired) electrons. The molecule has 1 N–H and O–H groups in total. The zero-order valence-electron chi connectivity index (χ0n) is 8.51. The fourth-order valence-corrected chi connectivity index (χ4v) is 1.57. The Hall–Kier alpha value is -0.200. The summed E-state index contributed by atoms with van der Waals surface area (Å²) in [6.45, 7) is 2.20. The highest BCUT2D eigenvalue weighted by molar-refractivity contribution is 7.98. The van der Waals surface area contributed by atoms with Crippen molar-refractivity contribution in [3.63, 3.8) is 0 Å². The Kier molecular flexibility index (Phi) is 11.6. The molecule has 76 valence electrons. The van der Waals surface area contributed by atoms with Crippen molar-refractivity contribution in [2.24, 2.45) is 0 Å². The van der Waals surface area contributed by atoms with E-state index < -0.39 is 0 Å². The highest BCUT2D eigenvalue weighted by Crippen LogP contribution is 1.98. The van der Waals surface area contributed by atoms with Gasteiger partial charge < -0.3 is 5.32 Å². The van der Waals surface area contributed by atoms with Gasteiger partial charge in [0.05, 0.1) is 6.07 Å². The Morgan fingerprint density at radius 2 is 1.85 bits per heavy atom. The molecule has 0 heterocycles. The number of nitrogens with one attached hydrogen (secondary N) is 1. The highest BCUT2D eigenvalue weighted by Gasteiger charge is 1.89. The van der Waals surface area contributed by atoms with Crippen molar-refractivity contribution in [2.45, 2.75) is 32.1 Å². The molecule has 0 aliphatic rings. The van der Waals surface area contributed by atoms with Crippen LogP contribution in [-0.2, 0) is 0 Å². The molecule has 0 unspecified atom stereocenters. The second-order valence-electron chi connectivity index (χ2n) is 3.07. The molecular weight excluding hydrogens is 180 g/mol. The molecule has 2 nitrogen and oxygen atoms in total. The second-order valence-corrected chi connectivity index (χ2v) is 4.05. The Labute approximate surface area is 86.1 Å². The lowest BCUT2D eigenvalue weighted by molar-refractivity contribution is 0.605. The predicted octanol–water partition coefficient (Wildman–Crippen LogP) is 2.41. The van der Waals surface area contributed by atoms with Crippen molar-refractivity contribution >= 4 is 11.8 Å². The summed E-state index contributed by atoms with van der Waals surface area (Å²) in [4.78, 5) is 0. The normalized spacial score (nSPS) is 9.85. The lowest BCUT2D eigenvalue weighted by Gasteiger charge is -2.02. The van der Waals surface area contributed by atoms with Crippen LogP contribution in [0.4, 0.5) is 0 Å². The summed E-state index contributed by atoms with van der Waals surface area (Å²) in [6.07, 6.45) is 7.61. The van der Waals surface area contributed by atoms with Crippen LogP contribution in [0.1, 0.15) is 32.1 Å². The van der Waals surface area contributed by atoms with Gasteiger partial charge in [0.2, 0.25) is 0 Å². The Morgan fingerprint density at radius 3 is 2.46 bits per heavy atom. The van der Waals surface area contributed by atoms with Gasteiger partial charge in [0, 0.05) is 6.42 Å². The van der Waals surface area contributed by atoms with Gasteiger partial charge >= 0.3 is 0 Å². The molecule has 0 aliphatic carbocycles. The Bertz CT molecular complexity index is 131. The molecule has 0 atom stereocenters. The van der Waals surface area contributed by atoms with Crippen LogP contribution in [0.15, 0.2) is 0 Å². The van der Waals surface area contributed by atoms with Crippen molar-refractivity contribution in [1.82, 2.24) is 5.32 Å². The average Bonchev–Trinajstić information content (AvgIpc) is 2.16. The van der Waals surface area contributed by atoms with Gasteiger partial charge in [0.25, 0.3) is 0 Å². The number of nitrogens with zero attached hydrogens (tertiary/aromatic N) is 1. The van der Waals surface area contributed by atoms with Gasteiger partial charge in [-0.2, -0.15) is 17.0 Å². The average molecular weight is 200 g/mol. The van der Waals surface area contributed by atoms with Crippen LogP contribution in [0.3, 0.4) is 0 Å². The fourth-order valence-electron chi connectivity index (χ4n) is 1.08. The maximum Gasteiger partial charge on any atom is 0.0621 e. The summed E-state index contributed by atoms with van der Waals surface area (Å²) >= 11 is 1.91. The molecule has 0 spiro atoms. The SMILES string of the molecule is CSCCCCNCCCCC#N. The third-order valence-corrected chi connectivity index (χ3v) is 2.54. The van der Waals surface area contributed by atoms with E-state index in [0.29, 0.717) is 6.42 Å². The summed E-state index contributed by atoms with van der Waals surface area (Å²) in [7, 11) is 0. The van der Waals surface area contributed by atoms with Gasteiger partial charge in [-0.25, -0.2) is 0 Å². The van der Waals surface area contributed by atoms with E-state index in [4.69, 9.17) is 5.26 Å². The minimum absolute atomic E-state index is 0.703. The number of rotatable bonds is 9. The van der Waals surface area contributed by atoms with E-state index in [1.54, 1.807) is 0 Å². The third-order valence-electron chi connectivity index (χ3n) is 1.84. The molecule has 0 bridgehead atoms. The van der Waals surface area contributed by atoms with Crippen LogP contribution < -0.4 is 5.32 Å². The van der Waals surface area contributed by atoms with E-state index in [0.717, 1.165) is 25.9 Å². The standard InChI is InChI=1S/C10H20N2S/c1-13-10-6-5-9-12-8-4-2-3-7-11/h12H,2-6,8-10H2,1H3. The van der Waals surface area contributed by atoms with Crippen LogP contribution in [-0.4, -0.2) is 25.1 Å². The number of unbranched alkanes of at least 4 members (excludes halogenated alkanes) is 3. The molecule has 0 aliphatic heterocycles. The first-order chi connectivity index (χ1) is 6.41. The van der Waals surface area contributed by atoms with E-state index in [1.807, 2.05) is 11.8 Å². The van der Waals surface area contributed by atoms with E-state index in [1.165, 1.54) is 18.6 Å². The van der Waals surface area contributed by atoms with Gasteiger partial charge in [-0.05, 0) is 50.8 Å². The van der Waals surface area contributed by atoms with Gasteiger partial charge in [-0.15, -0.1) is 0 Å². The first-order valence-corrected chi connectivity index (χ1v) is 6.38. The van der Waals surface area contributed by atoms with E-state index in [-0.39, 0.29) is 0 Å². The molecule has 0 aromatic heterocycles. The largest absolute Gasteiger partial charge is 0.317 e. The van der Waals surface area contributed by atoms with Crippen LogP contribution >= 0.6 is 11.8 Å². The zero-order chi connectivity index (χ0) is 9.78.